The first-order chi connectivity index (χ1) is 13.2. The second kappa shape index (κ2) is 7.90. The molecule has 0 spiro atoms. The number of hydrogen-bond donors (Lipinski definition) is 0. The summed E-state index contributed by atoms with van der Waals surface area (Å²) >= 11 is 0. The number of aromatic nitrogens is 1. The number of benzene rings is 1. The van der Waals surface area contributed by atoms with Gasteiger partial charge in [0.2, 0.25) is 5.91 Å². The van der Waals surface area contributed by atoms with Gasteiger partial charge in [0.05, 0.1) is 0 Å². The summed E-state index contributed by atoms with van der Waals surface area (Å²) in [7, 11) is -1.74. The van der Waals surface area contributed by atoms with Gasteiger partial charge in [0.25, 0.3) is 0 Å². The van der Waals surface area contributed by atoms with E-state index in [0.717, 1.165) is 19.5 Å². The summed E-state index contributed by atoms with van der Waals surface area (Å²) in [6.45, 7) is 17.7. The Morgan fingerprint density at radius 2 is 1.64 bits per heavy atom. The van der Waals surface area contributed by atoms with E-state index in [-0.39, 0.29) is 5.91 Å². The minimum atomic E-state index is -1.74. The number of rotatable bonds is 5. The van der Waals surface area contributed by atoms with Crippen molar-refractivity contribution in [1.29, 1.82) is 0 Å². The second-order valence-corrected chi connectivity index (χ2v) is 15.0. The van der Waals surface area contributed by atoms with Crippen LogP contribution in [0, 0.1) is 0 Å². The summed E-state index contributed by atoms with van der Waals surface area (Å²) in [6.07, 6.45) is 5.51. The largest absolute Gasteiger partial charge is 0.373 e. The molecule has 0 N–H and O–H groups in total. The van der Waals surface area contributed by atoms with Crippen molar-refractivity contribution >= 4 is 30.6 Å². The van der Waals surface area contributed by atoms with E-state index in [9.17, 15) is 4.79 Å². The lowest BCUT2D eigenvalue weighted by Gasteiger charge is -2.44. The molecule has 152 valence electrons. The molecule has 0 radical (unpaired) electrons. The Hall–Kier alpha value is -1.81. The number of hydrogen-bond acceptors (Lipinski definition) is 1. The van der Waals surface area contributed by atoms with E-state index >= 15 is 0 Å². The lowest BCUT2D eigenvalue weighted by Crippen LogP contribution is -2.51. The van der Waals surface area contributed by atoms with Gasteiger partial charge in [0.15, 0.2) is 8.24 Å². The van der Waals surface area contributed by atoms with Crippen LogP contribution in [0.15, 0.2) is 36.5 Å². The van der Waals surface area contributed by atoms with Crippen molar-refractivity contribution in [3.05, 3.63) is 42.1 Å². The van der Waals surface area contributed by atoms with Crippen LogP contribution in [0.4, 0.5) is 0 Å². The van der Waals surface area contributed by atoms with Crippen LogP contribution in [-0.4, -0.2) is 36.4 Å². The van der Waals surface area contributed by atoms with Gasteiger partial charge in [-0.1, -0.05) is 53.7 Å². The maximum Gasteiger partial charge on any atom is 0.219 e. The van der Waals surface area contributed by atoms with Crippen molar-refractivity contribution in [2.45, 2.75) is 71.5 Å². The van der Waals surface area contributed by atoms with Crippen LogP contribution in [-0.2, 0) is 4.79 Å². The van der Waals surface area contributed by atoms with Crippen LogP contribution in [0.1, 0.15) is 60.5 Å². The average molecular weight is 397 g/mol. The van der Waals surface area contributed by atoms with E-state index in [2.05, 4.69) is 82.3 Å². The van der Waals surface area contributed by atoms with E-state index < -0.39 is 8.24 Å². The molecular formula is C24H36N2OSi. The first kappa shape index (κ1) is 20.9. The van der Waals surface area contributed by atoms with E-state index in [1.165, 1.54) is 22.0 Å². The highest BCUT2D eigenvalue weighted by atomic mass is 28.3. The van der Waals surface area contributed by atoms with Crippen LogP contribution >= 0.6 is 0 Å². The predicted molar refractivity (Wildman–Crippen MR) is 123 cm³/mol. The third-order valence-corrected chi connectivity index (χ3v) is 13.7. The molecule has 1 aliphatic rings. The fourth-order valence-electron chi connectivity index (χ4n) is 5.73. The normalized spacial score (nSPS) is 15.8. The quantitative estimate of drug-likeness (QED) is 0.544. The summed E-state index contributed by atoms with van der Waals surface area (Å²) in [5.74, 6) is 0.167. The summed E-state index contributed by atoms with van der Waals surface area (Å²) in [5, 5.41) is 1.34. The Balaban J connectivity index is 2.03. The monoisotopic (exact) mass is 396 g/mol. The molecule has 1 aliphatic heterocycles. The third kappa shape index (κ3) is 3.36. The molecule has 28 heavy (non-hydrogen) atoms. The fraction of sp³-hybridized carbons (Fsp3) is 0.542. The number of fused-ring (bicyclic) bond motifs is 1. The first-order valence-electron chi connectivity index (χ1n) is 10.8. The van der Waals surface area contributed by atoms with Crippen molar-refractivity contribution in [2.24, 2.45) is 0 Å². The molecule has 4 heteroatoms. The molecule has 2 heterocycles. The van der Waals surface area contributed by atoms with Crippen molar-refractivity contribution in [3.63, 3.8) is 0 Å². The topological polar surface area (TPSA) is 25.2 Å². The highest BCUT2D eigenvalue weighted by molar-refractivity contribution is 6.82. The Labute approximate surface area is 171 Å². The lowest BCUT2D eigenvalue weighted by molar-refractivity contribution is -0.128. The molecule has 2 aromatic rings. The van der Waals surface area contributed by atoms with Gasteiger partial charge in [-0.3, -0.25) is 4.79 Å². The summed E-state index contributed by atoms with van der Waals surface area (Å²) < 4.78 is 2.68. The molecule has 3 rings (SSSR count). The maximum atomic E-state index is 11.6. The Morgan fingerprint density at radius 3 is 2.14 bits per heavy atom. The van der Waals surface area contributed by atoms with E-state index in [4.69, 9.17) is 0 Å². The smallest absolute Gasteiger partial charge is 0.219 e. The van der Waals surface area contributed by atoms with Gasteiger partial charge in [-0.15, -0.1) is 0 Å². The minimum Gasteiger partial charge on any atom is -0.373 e. The van der Waals surface area contributed by atoms with Gasteiger partial charge in [-0.05, 0) is 64.0 Å². The van der Waals surface area contributed by atoms with E-state index in [0.29, 0.717) is 16.6 Å². The highest BCUT2D eigenvalue weighted by Crippen LogP contribution is 2.44. The number of carbonyl (C=O) groups is 1. The molecule has 0 unspecified atom stereocenters. The van der Waals surface area contributed by atoms with Gasteiger partial charge in [-0.25, -0.2) is 0 Å². The third-order valence-electron chi connectivity index (χ3n) is 6.91. The maximum absolute atomic E-state index is 11.6. The van der Waals surface area contributed by atoms with Gasteiger partial charge in [0.1, 0.15) is 0 Å². The zero-order chi connectivity index (χ0) is 20.6. The second-order valence-electron chi connectivity index (χ2n) is 9.26. The van der Waals surface area contributed by atoms with Crippen molar-refractivity contribution in [2.75, 3.05) is 13.1 Å². The zero-order valence-corrected chi connectivity index (χ0v) is 19.6. The minimum absolute atomic E-state index is 0.167. The van der Waals surface area contributed by atoms with E-state index in [1.807, 2.05) is 4.90 Å². The molecule has 0 bridgehead atoms. The Bertz CT molecular complexity index is 869. The lowest BCUT2D eigenvalue weighted by atomic mass is 9.98. The van der Waals surface area contributed by atoms with Gasteiger partial charge < -0.3 is 9.13 Å². The summed E-state index contributed by atoms with van der Waals surface area (Å²) in [5.41, 5.74) is 6.10. The molecule has 0 fully saturated rings. The number of nitrogens with zero attached hydrogens (tertiary/aromatic N) is 2. The molecule has 0 saturated heterocycles. The van der Waals surface area contributed by atoms with Crippen molar-refractivity contribution < 1.29 is 4.79 Å². The number of amides is 1. The summed E-state index contributed by atoms with van der Waals surface area (Å²) in [6, 6.07) is 9.27. The van der Waals surface area contributed by atoms with Gasteiger partial charge in [0, 0.05) is 25.5 Å². The van der Waals surface area contributed by atoms with E-state index in [1.54, 1.807) is 6.92 Å². The Morgan fingerprint density at radius 1 is 1.00 bits per heavy atom. The Kier molecular flexibility index (Phi) is 5.90. The molecule has 1 aromatic carbocycles. The molecule has 1 amide bonds. The van der Waals surface area contributed by atoms with Crippen LogP contribution in [0.25, 0.3) is 16.5 Å². The van der Waals surface area contributed by atoms with Crippen LogP contribution in [0.2, 0.25) is 16.6 Å². The van der Waals surface area contributed by atoms with Crippen LogP contribution in [0.3, 0.4) is 0 Å². The highest BCUT2D eigenvalue weighted by Gasteiger charge is 2.45. The molecule has 0 saturated carbocycles. The summed E-state index contributed by atoms with van der Waals surface area (Å²) in [4.78, 5) is 13.5. The molecule has 3 nitrogen and oxygen atoms in total. The van der Waals surface area contributed by atoms with Crippen LogP contribution < -0.4 is 0 Å². The van der Waals surface area contributed by atoms with Crippen LogP contribution in [0.5, 0.6) is 0 Å². The first-order valence-corrected chi connectivity index (χ1v) is 12.9. The molecule has 0 atom stereocenters. The standard InChI is InChI=1S/C24H36N2OSi/c1-17(2)28(18(3)4,19(5)6)26-15-12-23-16-22(8-9-24(23)26)21-10-13-25(14-11-21)20(7)27/h8-10,12,15-19H,11,13-14H2,1-7H3. The van der Waals surface area contributed by atoms with Gasteiger partial charge >= 0.3 is 0 Å². The molecule has 1 aromatic heterocycles. The number of carbonyl (C=O) groups excluding carboxylic acids is 1. The molecule has 0 aliphatic carbocycles. The zero-order valence-electron chi connectivity index (χ0n) is 18.6. The van der Waals surface area contributed by atoms with Crippen molar-refractivity contribution in [1.82, 2.24) is 9.13 Å². The SMILES string of the molecule is CC(=O)N1CC=C(c2ccc3c(ccn3[Si](C(C)C)(C(C)C)C(C)C)c2)CC1. The fourth-order valence-corrected chi connectivity index (χ4v) is 12.4. The average Bonchev–Trinajstić information content (AvgIpc) is 3.05. The van der Waals surface area contributed by atoms with Crippen molar-refractivity contribution in [3.8, 4) is 0 Å². The predicted octanol–water partition coefficient (Wildman–Crippen LogP) is 6.30. The van der Waals surface area contributed by atoms with Gasteiger partial charge in [-0.2, -0.15) is 0 Å². The molecular weight excluding hydrogens is 360 g/mol.